The SMILES string of the molecule is CN(C)Cc1cn2c3c(cccc13)-c1c(C3CCCCC3)c3ccc(C(=O)O)cc3n1CCCC2. The van der Waals surface area contributed by atoms with Gasteiger partial charge >= 0.3 is 5.97 Å². The fraction of sp³-hybridized carbons (Fsp3) is 0.433. The van der Waals surface area contributed by atoms with Crippen molar-refractivity contribution in [2.75, 3.05) is 14.1 Å². The number of carboxylic acid groups (broad SMARTS) is 1. The standard InChI is InChI=1S/C30H35N3O2/c1-31(2)18-22-19-32-15-6-7-16-33-26-17-21(30(34)35)13-14-24(26)27(20-9-4-3-5-10-20)29(33)25-12-8-11-23(22)28(25)32/h8,11-14,17,19-20H,3-7,9-10,15-16,18H2,1-2H3,(H,34,35). The maximum atomic E-state index is 11.9. The molecule has 1 fully saturated rings. The van der Waals surface area contributed by atoms with Gasteiger partial charge in [-0.1, -0.05) is 43.5 Å². The number of aromatic nitrogens is 2. The number of aryl methyl sites for hydroxylation is 2. The van der Waals surface area contributed by atoms with Gasteiger partial charge in [0.25, 0.3) is 0 Å². The molecular weight excluding hydrogens is 434 g/mol. The van der Waals surface area contributed by atoms with Crippen molar-refractivity contribution < 1.29 is 9.90 Å². The zero-order chi connectivity index (χ0) is 24.1. The molecule has 3 heterocycles. The summed E-state index contributed by atoms with van der Waals surface area (Å²) >= 11 is 0. The van der Waals surface area contributed by atoms with E-state index in [4.69, 9.17) is 0 Å². The molecule has 0 bridgehead atoms. The highest BCUT2D eigenvalue weighted by molar-refractivity contribution is 6.03. The summed E-state index contributed by atoms with van der Waals surface area (Å²) in [6.45, 7) is 2.86. The van der Waals surface area contributed by atoms with Crippen LogP contribution in [0.25, 0.3) is 33.1 Å². The molecule has 2 aromatic carbocycles. The first-order valence-electron chi connectivity index (χ1n) is 13.2. The number of rotatable bonds is 4. The zero-order valence-corrected chi connectivity index (χ0v) is 20.9. The van der Waals surface area contributed by atoms with Crippen molar-refractivity contribution in [3.05, 3.63) is 59.3 Å². The lowest BCUT2D eigenvalue weighted by Crippen LogP contribution is -2.10. The monoisotopic (exact) mass is 469 g/mol. The van der Waals surface area contributed by atoms with Crippen LogP contribution in [0.15, 0.2) is 42.6 Å². The molecule has 0 unspecified atom stereocenters. The number of benzene rings is 2. The Morgan fingerprint density at radius 2 is 1.80 bits per heavy atom. The van der Waals surface area contributed by atoms with E-state index in [0.29, 0.717) is 11.5 Å². The van der Waals surface area contributed by atoms with E-state index in [0.717, 1.165) is 38.0 Å². The van der Waals surface area contributed by atoms with Crippen LogP contribution in [0.4, 0.5) is 0 Å². The third kappa shape index (κ3) is 3.77. The van der Waals surface area contributed by atoms with Gasteiger partial charge in [0.15, 0.2) is 0 Å². The van der Waals surface area contributed by atoms with Crippen molar-refractivity contribution in [1.82, 2.24) is 14.0 Å². The first-order valence-corrected chi connectivity index (χ1v) is 13.2. The number of hydrogen-bond donors (Lipinski definition) is 1. The van der Waals surface area contributed by atoms with Crippen LogP contribution in [-0.2, 0) is 19.6 Å². The van der Waals surface area contributed by atoms with Gasteiger partial charge in [0, 0.05) is 47.7 Å². The number of carbonyl (C=O) groups is 1. The van der Waals surface area contributed by atoms with Crippen molar-refractivity contribution in [3.63, 3.8) is 0 Å². The van der Waals surface area contributed by atoms with Crippen molar-refractivity contribution >= 4 is 27.8 Å². The molecule has 5 heteroatoms. The highest BCUT2D eigenvalue weighted by Crippen LogP contribution is 2.46. The number of nitrogens with zero attached hydrogens (tertiary/aromatic N) is 3. The summed E-state index contributed by atoms with van der Waals surface area (Å²) in [6.07, 6.45) is 10.9. The molecule has 0 saturated heterocycles. The average Bonchev–Trinajstić information content (AvgIpc) is 3.38. The second kappa shape index (κ2) is 8.87. The summed E-state index contributed by atoms with van der Waals surface area (Å²) in [6, 6.07) is 12.6. The highest BCUT2D eigenvalue weighted by atomic mass is 16.4. The van der Waals surface area contributed by atoms with Crippen molar-refractivity contribution in [1.29, 1.82) is 0 Å². The lowest BCUT2D eigenvalue weighted by Gasteiger charge is -2.24. The molecule has 0 spiro atoms. The highest BCUT2D eigenvalue weighted by Gasteiger charge is 2.29. The Kier molecular flexibility index (Phi) is 5.68. The lowest BCUT2D eigenvalue weighted by molar-refractivity contribution is 0.0697. The first kappa shape index (κ1) is 22.4. The van der Waals surface area contributed by atoms with Gasteiger partial charge in [0.05, 0.1) is 16.8 Å². The minimum atomic E-state index is -0.853. The molecule has 4 aromatic rings. The molecule has 5 nitrogen and oxygen atoms in total. The number of fused-ring (bicyclic) bond motifs is 4. The van der Waals surface area contributed by atoms with Crippen molar-refractivity contribution in [2.45, 2.75) is 70.5 Å². The van der Waals surface area contributed by atoms with E-state index in [-0.39, 0.29) is 0 Å². The quantitative estimate of drug-likeness (QED) is 0.355. The fourth-order valence-corrected chi connectivity index (χ4v) is 6.66. The normalized spacial score (nSPS) is 16.9. The number of para-hydroxylation sites is 1. The molecule has 1 aliphatic heterocycles. The predicted molar refractivity (Wildman–Crippen MR) is 142 cm³/mol. The van der Waals surface area contributed by atoms with Crippen LogP contribution in [0, 0.1) is 0 Å². The van der Waals surface area contributed by atoms with Gasteiger partial charge in [-0.25, -0.2) is 4.79 Å². The van der Waals surface area contributed by atoms with Gasteiger partial charge in [-0.15, -0.1) is 0 Å². The Balaban J connectivity index is 1.70. The van der Waals surface area contributed by atoms with E-state index in [1.807, 2.05) is 6.07 Å². The Hall–Kier alpha value is -3.05. The summed E-state index contributed by atoms with van der Waals surface area (Å²) in [7, 11) is 4.27. The van der Waals surface area contributed by atoms with Gasteiger partial charge in [-0.3, -0.25) is 0 Å². The van der Waals surface area contributed by atoms with Crippen LogP contribution >= 0.6 is 0 Å². The van der Waals surface area contributed by atoms with Crippen LogP contribution in [0.3, 0.4) is 0 Å². The van der Waals surface area contributed by atoms with Gasteiger partial charge in [0.1, 0.15) is 0 Å². The van der Waals surface area contributed by atoms with E-state index >= 15 is 0 Å². The van der Waals surface area contributed by atoms with E-state index in [1.54, 1.807) is 6.07 Å². The molecule has 0 atom stereocenters. The molecule has 1 N–H and O–H groups in total. The largest absolute Gasteiger partial charge is 0.478 e. The molecule has 182 valence electrons. The second-order valence-electron chi connectivity index (χ2n) is 10.8. The second-order valence-corrected chi connectivity index (χ2v) is 10.8. The molecule has 6 rings (SSSR count). The maximum Gasteiger partial charge on any atom is 0.335 e. The van der Waals surface area contributed by atoms with Crippen LogP contribution in [0.2, 0.25) is 0 Å². The predicted octanol–water partition coefficient (Wildman–Crippen LogP) is 6.86. The summed E-state index contributed by atoms with van der Waals surface area (Å²) in [5.41, 5.74) is 8.27. The topological polar surface area (TPSA) is 50.4 Å². The van der Waals surface area contributed by atoms with E-state index in [2.05, 4.69) is 58.6 Å². The minimum absolute atomic E-state index is 0.378. The lowest BCUT2D eigenvalue weighted by atomic mass is 9.81. The molecule has 0 radical (unpaired) electrons. The van der Waals surface area contributed by atoms with Gasteiger partial charge in [0.2, 0.25) is 0 Å². The van der Waals surface area contributed by atoms with Crippen molar-refractivity contribution in [2.24, 2.45) is 0 Å². The summed E-state index contributed by atoms with van der Waals surface area (Å²) in [5.74, 6) is -0.326. The first-order chi connectivity index (χ1) is 17.0. The summed E-state index contributed by atoms with van der Waals surface area (Å²) in [5, 5.41) is 12.4. The Bertz CT molecular complexity index is 1420. The molecule has 0 amide bonds. The van der Waals surface area contributed by atoms with Crippen LogP contribution in [-0.4, -0.2) is 39.2 Å². The van der Waals surface area contributed by atoms with E-state index in [1.165, 1.54) is 70.8 Å². The molecule has 1 aliphatic carbocycles. The maximum absolute atomic E-state index is 11.9. The third-order valence-corrected chi connectivity index (χ3v) is 8.12. The summed E-state index contributed by atoms with van der Waals surface area (Å²) < 4.78 is 4.96. The van der Waals surface area contributed by atoms with Crippen LogP contribution in [0.1, 0.15) is 72.3 Å². The molecule has 1 saturated carbocycles. The minimum Gasteiger partial charge on any atom is -0.478 e. The fourth-order valence-electron chi connectivity index (χ4n) is 6.66. The number of carboxylic acids is 1. The van der Waals surface area contributed by atoms with Gasteiger partial charge in [-0.05, 0) is 69.0 Å². The van der Waals surface area contributed by atoms with E-state index in [9.17, 15) is 9.90 Å². The van der Waals surface area contributed by atoms with Crippen molar-refractivity contribution in [3.8, 4) is 11.3 Å². The Labute approximate surface area is 207 Å². The number of aromatic carboxylic acids is 1. The van der Waals surface area contributed by atoms with Gasteiger partial charge < -0.3 is 19.1 Å². The smallest absolute Gasteiger partial charge is 0.335 e. The molecule has 2 aliphatic rings. The van der Waals surface area contributed by atoms with E-state index < -0.39 is 5.97 Å². The number of hydrogen-bond acceptors (Lipinski definition) is 2. The zero-order valence-electron chi connectivity index (χ0n) is 20.9. The third-order valence-electron chi connectivity index (χ3n) is 8.12. The average molecular weight is 470 g/mol. The van der Waals surface area contributed by atoms with Crippen LogP contribution in [0.5, 0.6) is 0 Å². The molecule has 35 heavy (non-hydrogen) atoms. The van der Waals surface area contributed by atoms with Crippen LogP contribution < -0.4 is 0 Å². The summed E-state index contributed by atoms with van der Waals surface area (Å²) in [4.78, 5) is 14.1. The molecular formula is C30H35N3O2. The Morgan fingerprint density at radius 1 is 1.00 bits per heavy atom. The van der Waals surface area contributed by atoms with Gasteiger partial charge in [-0.2, -0.15) is 0 Å². The molecule has 2 aromatic heterocycles. The Morgan fingerprint density at radius 3 is 2.57 bits per heavy atom.